The molecule has 1 atom stereocenters. The topological polar surface area (TPSA) is 29.3 Å². The van der Waals surface area contributed by atoms with Crippen LogP contribution in [-0.4, -0.2) is 24.0 Å². The fraction of sp³-hybridized carbons (Fsp3) is 0.571. The quantitative estimate of drug-likeness (QED) is 0.924. The molecule has 1 aliphatic heterocycles. The van der Waals surface area contributed by atoms with Crippen molar-refractivity contribution < 1.29 is 0 Å². The Morgan fingerprint density at radius 1 is 1.39 bits per heavy atom. The highest BCUT2D eigenvalue weighted by molar-refractivity contribution is 6.31. The summed E-state index contributed by atoms with van der Waals surface area (Å²) in [7, 11) is 0. The predicted molar refractivity (Wildman–Crippen MR) is 80.5 cm³/mol. The smallest absolute Gasteiger partial charge is 0.0438 e. The summed E-state index contributed by atoms with van der Waals surface area (Å²) in [6, 6.07) is 6.89. The van der Waals surface area contributed by atoms with E-state index in [4.69, 9.17) is 17.3 Å². The molecule has 1 aliphatic rings. The van der Waals surface area contributed by atoms with E-state index in [9.17, 15) is 0 Å². The van der Waals surface area contributed by atoms with E-state index >= 15 is 0 Å². The molecule has 0 spiro atoms. The van der Waals surface area contributed by atoms with Crippen molar-refractivity contribution in [2.45, 2.75) is 38.8 Å². The summed E-state index contributed by atoms with van der Waals surface area (Å²) in [5.74, 6) is 0. The van der Waals surface area contributed by atoms with Crippen molar-refractivity contribution in [1.29, 1.82) is 0 Å². The molecule has 2 N–H and O–H groups in total. The molecule has 2 nitrogen and oxygen atoms in total. The van der Waals surface area contributed by atoms with Gasteiger partial charge >= 0.3 is 0 Å². The van der Waals surface area contributed by atoms with Crippen LogP contribution in [-0.2, 0) is 6.54 Å². The van der Waals surface area contributed by atoms with Gasteiger partial charge in [0.05, 0.1) is 0 Å². The Morgan fingerprint density at radius 2 is 2.17 bits per heavy atom. The third-order valence-corrected chi connectivity index (χ3v) is 4.05. The third-order valence-electron chi connectivity index (χ3n) is 3.64. The van der Waals surface area contributed by atoms with E-state index in [1.54, 1.807) is 0 Å². The van der Waals surface area contributed by atoms with Crippen LogP contribution >= 0.6 is 24.0 Å². The second-order valence-electron chi connectivity index (χ2n) is 4.94. The molecule has 0 aliphatic carbocycles. The van der Waals surface area contributed by atoms with Crippen LogP contribution in [0.1, 0.15) is 30.4 Å². The van der Waals surface area contributed by atoms with Crippen LogP contribution in [0.15, 0.2) is 18.2 Å². The van der Waals surface area contributed by atoms with Gasteiger partial charge in [0.1, 0.15) is 0 Å². The summed E-state index contributed by atoms with van der Waals surface area (Å²) in [6.07, 6.45) is 3.83. The van der Waals surface area contributed by atoms with Crippen molar-refractivity contribution >= 4 is 24.0 Å². The number of likely N-dealkylation sites (tertiary alicyclic amines) is 1. The van der Waals surface area contributed by atoms with Gasteiger partial charge < -0.3 is 5.73 Å². The molecule has 102 valence electrons. The minimum absolute atomic E-state index is 0. The number of rotatable bonds is 3. The van der Waals surface area contributed by atoms with Gasteiger partial charge in [0.25, 0.3) is 0 Å². The second kappa shape index (κ2) is 7.34. The number of aryl methyl sites for hydroxylation is 1. The first-order valence-electron chi connectivity index (χ1n) is 6.40. The number of hydrogen-bond donors (Lipinski definition) is 1. The minimum Gasteiger partial charge on any atom is -0.329 e. The molecule has 2 rings (SSSR count). The summed E-state index contributed by atoms with van der Waals surface area (Å²) in [5, 5.41) is 0.865. The van der Waals surface area contributed by atoms with Gasteiger partial charge in [0, 0.05) is 24.2 Å². The molecule has 0 aromatic heterocycles. The first-order chi connectivity index (χ1) is 8.20. The molecule has 1 saturated heterocycles. The molecular weight excluding hydrogens is 267 g/mol. The fourth-order valence-corrected chi connectivity index (χ4v) is 2.71. The van der Waals surface area contributed by atoms with Crippen molar-refractivity contribution in [3.63, 3.8) is 0 Å². The Balaban J connectivity index is 0.00000162. The van der Waals surface area contributed by atoms with Gasteiger partial charge in [-0.1, -0.05) is 30.2 Å². The van der Waals surface area contributed by atoms with Gasteiger partial charge in [-0.05, 0) is 43.5 Å². The van der Waals surface area contributed by atoms with Crippen LogP contribution in [0.2, 0.25) is 5.02 Å². The fourth-order valence-electron chi connectivity index (χ4n) is 2.50. The maximum atomic E-state index is 6.16. The highest BCUT2D eigenvalue weighted by atomic mass is 35.5. The summed E-state index contributed by atoms with van der Waals surface area (Å²) in [5.41, 5.74) is 8.27. The normalized spacial score (nSPS) is 20.5. The predicted octanol–water partition coefficient (Wildman–Crippen LogP) is 3.38. The average Bonchev–Trinajstić information content (AvgIpc) is 2.34. The van der Waals surface area contributed by atoms with E-state index in [-0.39, 0.29) is 12.4 Å². The highest BCUT2D eigenvalue weighted by Crippen LogP contribution is 2.22. The molecule has 1 unspecified atom stereocenters. The molecule has 4 heteroatoms. The lowest BCUT2D eigenvalue weighted by atomic mass is 10.0. The lowest BCUT2D eigenvalue weighted by Gasteiger charge is -2.35. The van der Waals surface area contributed by atoms with E-state index in [1.165, 1.54) is 24.8 Å². The number of hydrogen-bond acceptors (Lipinski definition) is 2. The Kier molecular flexibility index (Phi) is 6.44. The standard InChI is InChI=1S/C14H21ClN2.ClH/c1-11-5-6-12(8-14(11)15)10-17-7-3-2-4-13(17)9-16;/h5-6,8,13H,2-4,7,9-10,16H2,1H3;1H. The van der Waals surface area contributed by atoms with E-state index in [0.29, 0.717) is 6.04 Å². The first-order valence-corrected chi connectivity index (χ1v) is 6.77. The van der Waals surface area contributed by atoms with Crippen molar-refractivity contribution in [2.75, 3.05) is 13.1 Å². The minimum atomic E-state index is 0. The van der Waals surface area contributed by atoms with E-state index in [2.05, 4.69) is 23.1 Å². The number of halogens is 2. The molecule has 1 aromatic rings. The molecule has 18 heavy (non-hydrogen) atoms. The summed E-state index contributed by atoms with van der Waals surface area (Å²) < 4.78 is 0. The molecule has 0 saturated carbocycles. The van der Waals surface area contributed by atoms with Crippen molar-refractivity contribution in [2.24, 2.45) is 5.73 Å². The van der Waals surface area contributed by atoms with Crippen molar-refractivity contribution in [3.05, 3.63) is 34.3 Å². The Hall–Kier alpha value is -0.280. The van der Waals surface area contributed by atoms with Gasteiger partial charge in [0.15, 0.2) is 0 Å². The van der Waals surface area contributed by atoms with E-state index in [1.807, 2.05) is 6.92 Å². The zero-order chi connectivity index (χ0) is 12.3. The molecular formula is C14H22Cl2N2. The van der Waals surface area contributed by atoms with E-state index < -0.39 is 0 Å². The lowest BCUT2D eigenvalue weighted by Crippen LogP contribution is -2.43. The molecule has 0 amide bonds. The molecule has 1 aromatic carbocycles. The molecule has 0 radical (unpaired) electrons. The maximum Gasteiger partial charge on any atom is 0.0438 e. The summed E-state index contributed by atoms with van der Waals surface area (Å²) >= 11 is 6.16. The van der Waals surface area contributed by atoms with E-state index in [0.717, 1.165) is 30.2 Å². The van der Waals surface area contributed by atoms with Crippen molar-refractivity contribution in [3.8, 4) is 0 Å². The van der Waals surface area contributed by atoms with Crippen LogP contribution in [0, 0.1) is 6.92 Å². The average molecular weight is 289 g/mol. The molecule has 1 fully saturated rings. The van der Waals surface area contributed by atoms with Gasteiger partial charge in [-0.25, -0.2) is 0 Å². The zero-order valence-corrected chi connectivity index (χ0v) is 12.4. The van der Waals surface area contributed by atoms with Crippen LogP contribution < -0.4 is 5.73 Å². The van der Waals surface area contributed by atoms with Crippen LogP contribution in [0.25, 0.3) is 0 Å². The number of nitrogens with zero attached hydrogens (tertiary/aromatic N) is 1. The Labute approximate surface area is 121 Å². The monoisotopic (exact) mass is 288 g/mol. The second-order valence-corrected chi connectivity index (χ2v) is 5.35. The lowest BCUT2D eigenvalue weighted by molar-refractivity contribution is 0.145. The Bertz CT molecular complexity index is 382. The van der Waals surface area contributed by atoms with Crippen LogP contribution in [0.4, 0.5) is 0 Å². The number of nitrogens with two attached hydrogens (primary N) is 1. The zero-order valence-electron chi connectivity index (χ0n) is 10.9. The first kappa shape index (κ1) is 15.8. The SMILES string of the molecule is Cc1ccc(CN2CCCCC2CN)cc1Cl.Cl. The summed E-state index contributed by atoms with van der Waals surface area (Å²) in [6.45, 7) is 4.94. The number of piperidine rings is 1. The van der Waals surface area contributed by atoms with Crippen LogP contribution in [0.5, 0.6) is 0 Å². The molecule has 1 heterocycles. The maximum absolute atomic E-state index is 6.16. The summed E-state index contributed by atoms with van der Waals surface area (Å²) in [4.78, 5) is 2.49. The van der Waals surface area contributed by atoms with Gasteiger partial charge in [-0.2, -0.15) is 0 Å². The molecule has 0 bridgehead atoms. The van der Waals surface area contributed by atoms with Gasteiger partial charge in [0.2, 0.25) is 0 Å². The van der Waals surface area contributed by atoms with Gasteiger partial charge in [-0.15, -0.1) is 12.4 Å². The third kappa shape index (κ3) is 3.86. The largest absolute Gasteiger partial charge is 0.329 e. The van der Waals surface area contributed by atoms with Crippen molar-refractivity contribution in [1.82, 2.24) is 4.90 Å². The highest BCUT2D eigenvalue weighted by Gasteiger charge is 2.20. The van der Waals surface area contributed by atoms with Crippen LogP contribution in [0.3, 0.4) is 0 Å². The Morgan fingerprint density at radius 3 is 2.83 bits per heavy atom. The van der Waals surface area contributed by atoms with Gasteiger partial charge in [-0.3, -0.25) is 4.90 Å². The number of benzene rings is 1.